The van der Waals surface area contributed by atoms with Crippen molar-refractivity contribution in [2.75, 3.05) is 6.54 Å². The smallest absolute Gasteiger partial charge is 0.306 e. The third kappa shape index (κ3) is 6.18. The van der Waals surface area contributed by atoms with Crippen LogP contribution in [-0.4, -0.2) is 18.4 Å². The minimum Gasteiger partial charge on any atom is -0.461 e. The van der Waals surface area contributed by atoms with Crippen molar-refractivity contribution >= 4 is 11.9 Å². The number of ether oxygens (including phenoxy) is 1. The Hall–Kier alpha value is -1.84. The van der Waals surface area contributed by atoms with E-state index >= 15 is 0 Å². The largest absolute Gasteiger partial charge is 0.461 e. The monoisotopic (exact) mass is 345 g/mol. The Bertz CT molecular complexity index is 569. The van der Waals surface area contributed by atoms with Gasteiger partial charge in [0.05, 0.1) is 6.42 Å². The third-order valence-corrected chi connectivity index (χ3v) is 4.98. The molecule has 1 aliphatic rings. The molecule has 1 amide bonds. The molecule has 1 aromatic rings. The summed E-state index contributed by atoms with van der Waals surface area (Å²) in [5.41, 5.74) is 0.422. The number of amides is 1. The van der Waals surface area contributed by atoms with Gasteiger partial charge in [0.25, 0.3) is 0 Å². The summed E-state index contributed by atoms with van der Waals surface area (Å²) in [6.07, 6.45) is 5.74. The maximum absolute atomic E-state index is 12.4. The molecule has 2 rings (SSSR count). The lowest BCUT2D eigenvalue weighted by Crippen LogP contribution is -2.44. The van der Waals surface area contributed by atoms with Crippen LogP contribution in [0.5, 0.6) is 0 Å². The van der Waals surface area contributed by atoms with E-state index in [0.717, 1.165) is 31.2 Å². The molecule has 0 spiro atoms. The van der Waals surface area contributed by atoms with E-state index in [4.69, 9.17) is 4.74 Å². The number of rotatable bonds is 6. The standard InChI is InChI=1S/C21H31NO3/c1-20(2,3)19(24)22-16-21(12-8-5-9-13-21)14-18(23)25-15-17-10-6-4-7-11-17/h4,6-7,10-11H,5,8-9,12-16H2,1-3H3,(H,22,24). The second-order valence-corrected chi connectivity index (χ2v) is 8.32. The molecule has 138 valence electrons. The van der Waals surface area contributed by atoms with Gasteiger partial charge in [-0.25, -0.2) is 0 Å². The highest BCUT2D eigenvalue weighted by Gasteiger charge is 2.36. The number of esters is 1. The first-order valence-electron chi connectivity index (χ1n) is 9.29. The van der Waals surface area contributed by atoms with E-state index in [0.29, 0.717) is 19.6 Å². The molecule has 1 aliphatic carbocycles. The highest BCUT2D eigenvalue weighted by atomic mass is 16.5. The molecule has 1 saturated carbocycles. The van der Waals surface area contributed by atoms with Gasteiger partial charge in [0.1, 0.15) is 6.61 Å². The molecule has 0 aromatic heterocycles. The van der Waals surface area contributed by atoms with Gasteiger partial charge in [-0.05, 0) is 23.8 Å². The predicted octanol–water partition coefficient (Wildman–Crippen LogP) is 4.23. The van der Waals surface area contributed by atoms with Gasteiger partial charge in [0, 0.05) is 12.0 Å². The maximum Gasteiger partial charge on any atom is 0.306 e. The molecule has 0 radical (unpaired) electrons. The zero-order valence-electron chi connectivity index (χ0n) is 15.8. The molecule has 1 fully saturated rings. The molecule has 0 unspecified atom stereocenters. The average molecular weight is 345 g/mol. The summed E-state index contributed by atoms with van der Waals surface area (Å²) in [5, 5.41) is 3.07. The van der Waals surface area contributed by atoms with E-state index in [2.05, 4.69) is 5.32 Å². The summed E-state index contributed by atoms with van der Waals surface area (Å²) in [4.78, 5) is 24.6. The zero-order chi connectivity index (χ0) is 18.3. The normalized spacial score (nSPS) is 16.9. The van der Waals surface area contributed by atoms with Crippen molar-refractivity contribution in [3.63, 3.8) is 0 Å². The van der Waals surface area contributed by atoms with Crippen molar-refractivity contribution in [1.29, 1.82) is 0 Å². The Kier molecular flexibility index (Phi) is 6.63. The lowest BCUT2D eigenvalue weighted by atomic mass is 9.71. The summed E-state index contributed by atoms with van der Waals surface area (Å²) >= 11 is 0. The van der Waals surface area contributed by atoms with Gasteiger partial charge in [0.15, 0.2) is 0 Å². The molecule has 0 bridgehead atoms. The van der Waals surface area contributed by atoms with E-state index in [9.17, 15) is 9.59 Å². The lowest BCUT2D eigenvalue weighted by Gasteiger charge is -2.37. The summed E-state index contributed by atoms with van der Waals surface area (Å²) in [6.45, 7) is 6.59. The highest BCUT2D eigenvalue weighted by Crippen LogP contribution is 2.39. The summed E-state index contributed by atoms with van der Waals surface area (Å²) in [7, 11) is 0. The molecular weight excluding hydrogens is 314 g/mol. The Morgan fingerprint density at radius 2 is 1.72 bits per heavy atom. The van der Waals surface area contributed by atoms with Crippen LogP contribution in [0.2, 0.25) is 0 Å². The van der Waals surface area contributed by atoms with Crippen LogP contribution in [-0.2, 0) is 20.9 Å². The van der Waals surface area contributed by atoms with Crippen molar-refractivity contribution in [2.24, 2.45) is 10.8 Å². The average Bonchev–Trinajstić information content (AvgIpc) is 2.59. The van der Waals surface area contributed by atoms with Crippen LogP contribution in [0.1, 0.15) is 64.9 Å². The number of hydrogen-bond donors (Lipinski definition) is 1. The number of benzene rings is 1. The quantitative estimate of drug-likeness (QED) is 0.785. The number of hydrogen-bond acceptors (Lipinski definition) is 3. The molecule has 0 saturated heterocycles. The SMILES string of the molecule is CC(C)(C)C(=O)NCC1(CC(=O)OCc2ccccc2)CCCCC1. The fourth-order valence-electron chi connectivity index (χ4n) is 3.35. The Morgan fingerprint density at radius 1 is 1.08 bits per heavy atom. The van der Waals surface area contributed by atoms with Gasteiger partial charge in [-0.2, -0.15) is 0 Å². The Labute approximate surface area is 151 Å². The summed E-state index contributed by atoms with van der Waals surface area (Å²) in [5.74, 6) is -0.133. The van der Waals surface area contributed by atoms with E-state index in [1.54, 1.807) is 0 Å². The van der Waals surface area contributed by atoms with Gasteiger partial charge >= 0.3 is 5.97 Å². The van der Waals surface area contributed by atoms with Crippen LogP contribution in [0.15, 0.2) is 30.3 Å². The molecule has 1 N–H and O–H groups in total. The maximum atomic E-state index is 12.4. The van der Waals surface area contributed by atoms with Crippen molar-refractivity contribution in [3.8, 4) is 0 Å². The van der Waals surface area contributed by atoms with Crippen LogP contribution in [0, 0.1) is 10.8 Å². The molecule has 1 aromatic carbocycles. The number of carbonyl (C=O) groups excluding carboxylic acids is 2. The predicted molar refractivity (Wildman–Crippen MR) is 98.8 cm³/mol. The molecule has 0 heterocycles. The molecule has 25 heavy (non-hydrogen) atoms. The fraction of sp³-hybridized carbons (Fsp3) is 0.619. The molecule has 4 heteroatoms. The van der Waals surface area contributed by atoms with Gasteiger partial charge in [-0.15, -0.1) is 0 Å². The van der Waals surface area contributed by atoms with Crippen LogP contribution >= 0.6 is 0 Å². The highest BCUT2D eigenvalue weighted by molar-refractivity contribution is 5.81. The van der Waals surface area contributed by atoms with E-state index in [1.165, 1.54) is 6.42 Å². The first-order chi connectivity index (χ1) is 11.8. The summed E-state index contributed by atoms with van der Waals surface area (Å²) < 4.78 is 5.48. The van der Waals surface area contributed by atoms with Crippen molar-refractivity contribution in [3.05, 3.63) is 35.9 Å². The number of nitrogens with one attached hydrogen (secondary N) is 1. The first-order valence-corrected chi connectivity index (χ1v) is 9.29. The molecular formula is C21H31NO3. The summed E-state index contributed by atoms with van der Waals surface area (Å²) in [6, 6.07) is 9.72. The topological polar surface area (TPSA) is 55.4 Å². The van der Waals surface area contributed by atoms with E-state index in [1.807, 2.05) is 51.1 Å². The van der Waals surface area contributed by atoms with Crippen molar-refractivity contribution in [2.45, 2.75) is 65.9 Å². The van der Waals surface area contributed by atoms with Crippen LogP contribution in [0.3, 0.4) is 0 Å². The Morgan fingerprint density at radius 3 is 2.32 bits per heavy atom. The van der Waals surface area contributed by atoms with Gasteiger partial charge < -0.3 is 10.1 Å². The van der Waals surface area contributed by atoms with E-state index in [-0.39, 0.29) is 17.3 Å². The second-order valence-electron chi connectivity index (χ2n) is 8.32. The third-order valence-electron chi connectivity index (χ3n) is 4.98. The fourth-order valence-corrected chi connectivity index (χ4v) is 3.35. The first kappa shape index (κ1) is 19.5. The minimum atomic E-state index is -0.413. The van der Waals surface area contributed by atoms with Crippen LogP contribution in [0.4, 0.5) is 0 Å². The Balaban J connectivity index is 1.92. The van der Waals surface area contributed by atoms with Gasteiger partial charge in [-0.3, -0.25) is 9.59 Å². The second kappa shape index (κ2) is 8.50. The van der Waals surface area contributed by atoms with E-state index < -0.39 is 5.41 Å². The van der Waals surface area contributed by atoms with Crippen LogP contribution < -0.4 is 5.32 Å². The number of carbonyl (C=O) groups is 2. The van der Waals surface area contributed by atoms with Gasteiger partial charge in [-0.1, -0.05) is 70.4 Å². The van der Waals surface area contributed by atoms with Crippen LogP contribution in [0.25, 0.3) is 0 Å². The van der Waals surface area contributed by atoms with Crippen molar-refractivity contribution in [1.82, 2.24) is 5.32 Å². The molecule has 0 atom stereocenters. The van der Waals surface area contributed by atoms with Gasteiger partial charge in [0.2, 0.25) is 5.91 Å². The zero-order valence-corrected chi connectivity index (χ0v) is 15.8. The minimum absolute atomic E-state index is 0.0371. The molecule has 0 aliphatic heterocycles. The van der Waals surface area contributed by atoms with Crippen molar-refractivity contribution < 1.29 is 14.3 Å². The lowest BCUT2D eigenvalue weighted by molar-refractivity contribution is -0.148. The molecule has 4 nitrogen and oxygen atoms in total.